The average molecular weight is 298 g/mol. The largest absolute Gasteiger partial charge is 0.148 e. The van der Waals surface area contributed by atoms with Gasteiger partial charge in [-0.15, -0.1) is 23.5 Å². The highest BCUT2D eigenvalue weighted by molar-refractivity contribution is 8.07. The summed E-state index contributed by atoms with van der Waals surface area (Å²) in [5.41, 5.74) is 5.61. The lowest BCUT2D eigenvalue weighted by molar-refractivity contribution is 1.03. The van der Waals surface area contributed by atoms with Gasteiger partial charge in [-0.25, -0.2) is 0 Å². The molecule has 0 amide bonds. The van der Waals surface area contributed by atoms with E-state index in [1.807, 2.05) is 0 Å². The Labute approximate surface area is 129 Å². The van der Waals surface area contributed by atoms with Gasteiger partial charge in [-0.3, -0.25) is 0 Å². The van der Waals surface area contributed by atoms with Crippen LogP contribution in [0.3, 0.4) is 0 Å². The molecular formula is C18H18S2. The van der Waals surface area contributed by atoms with Crippen molar-refractivity contribution >= 4 is 23.5 Å². The van der Waals surface area contributed by atoms with Gasteiger partial charge in [0.05, 0.1) is 0 Å². The monoisotopic (exact) mass is 298 g/mol. The minimum atomic E-state index is 0.736. The molecule has 102 valence electrons. The Morgan fingerprint density at radius 2 is 0.900 bits per heavy atom. The average Bonchev–Trinajstić information content (AvgIpc) is 3.38. The Kier molecular flexibility index (Phi) is 3.12. The normalized spacial score (nSPS) is 31.1. The molecule has 2 fully saturated rings. The molecule has 4 unspecified atom stereocenters. The van der Waals surface area contributed by atoms with Gasteiger partial charge in [0.25, 0.3) is 0 Å². The van der Waals surface area contributed by atoms with Crippen molar-refractivity contribution in [3.63, 3.8) is 0 Å². The molecule has 0 nitrogen and oxygen atoms in total. The van der Waals surface area contributed by atoms with Crippen molar-refractivity contribution < 1.29 is 0 Å². The Morgan fingerprint density at radius 1 is 0.600 bits per heavy atom. The lowest BCUT2D eigenvalue weighted by Crippen LogP contribution is -1.86. The van der Waals surface area contributed by atoms with Crippen LogP contribution in [0.1, 0.15) is 35.5 Å². The highest BCUT2D eigenvalue weighted by Gasteiger charge is 2.35. The second-order valence-corrected chi connectivity index (χ2v) is 8.81. The molecule has 4 atom stereocenters. The van der Waals surface area contributed by atoms with E-state index in [2.05, 4.69) is 85.9 Å². The molecule has 0 aliphatic carbocycles. The van der Waals surface area contributed by atoms with Crippen LogP contribution in [0.25, 0.3) is 11.1 Å². The van der Waals surface area contributed by atoms with Crippen LogP contribution in [0.2, 0.25) is 0 Å². The molecule has 0 bridgehead atoms. The summed E-state index contributed by atoms with van der Waals surface area (Å²) in [4.78, 5) is 0. The minimum Gasteiger partial charge on any atom is -0.148 e. The molecule has 2 heteroatoms. The van der Waals surface area contributed by atoms with Crippen LogP contribution in [0.4, 0.5) is 0 Å². The van der Waals surface area contributed by atoms with E-state index < -0.39 is 0 Å². The van der Waals surface area contributed by atoms with Crippen molar-refractivity contribution in [3.05, 3.63) is 59.7 Å². The summed E-state index contributed by atoms with van der Waals surface area (Å²) in [7, 11) is 0. The van der Waals surface area contributed by atoms with Crippen LogP contribution in [-0.2, 0) is 0 Å². The zero-order valence-corrected chi connectivity index (χ0v) is 13.4. The summed E-state index contributed by atoms with van der Waals surface area (Å²) in [5, 5.41) is 3.08. The molecule has 20 heavy (non-hydrogen) atoms. The number of hydrogen-bond donors (Lipinski definition) is 0. The summed E-state index contributed by atoms with van der Waals surface area (Å²) < 4.78 is 0. The molecule has 0 aromatic heterocycles. The van der Waals surface area contributed by atoms with Gasteiger partial charge < -0.3 is 0 Å². The number of rotatable bonds is 3. The number of thioether (sulfide) groups is 2. The summed E-state index contributed by atoms with van der Waals surface area (Å²) in [5.74, 6) is 0. The van der Waals surface area contributed by atoms with Crippen LogP contribution < -0.4 is 0 Å². The van der Waals surface area contributed by atoms with Crippen LogP contribution in [-0.4, -0.2) is 10.5 Å². The van der Waals surface area contributed by atoms with Gasteiger partial charge >= 0.3 is 0 Å². The van der Waals surface area contributed by atoms with E-state index in [-0.39, 0.29) is 0 Å². The van der Waals surface area contributed by atoms with Crippen LogP contribution in [0, 0.1) is 0 Å². The third-order valence-electron chi connectivity index (χ3n) is 4.23. The minimum absolute atomic E-state index is 0.736. The molecular weight excluding hydrogens is 280 g/mol. The van der Waals surface area contributed by atoms with E-state index in [9.17, 15) is 0 Å². The third kappa shape index (κ3) is 2.40. The van der Waals surface area contributed by atoms with Crippen LogP contribution in [0.15, 0.2) is 48.5 Å². The molecule has 0 spiro atoms. The van der Waals surface area contributed by atoms with Gasteiger partial charge in [-0.05, 0) is 22.3 Å². The fraction of sp³-hybridized carbons (Fsp3) is 0.333. The maximum atomic E-state index is 2.30. The molecule has 0 N–H and O–H groups in total. The first-order valence-corrected chi connectivity index (χ1v) is 9.12. The fourth-order valence-electron chi connectivity index (χ4n) is 2.80. The number of hydrogen-bond acceptors (Lipinski definition) is 2. The van der Waals surface area contributed by atoms with Gasteiger partial charge in [0.1, 0.15) is 0 Å². The highest BCUT2D eigenvalue weighted by atomic mass is 32.2. The van der Waals surface area contributed by atoms with Crippen molar-refractivity contribution in [3.8, 4) is 11.1 Å². The Morgan fingerprint density at radius 3 is 1.15 bits per heavy atom. The van der Waals surface area contributed by atoms with E-state index in [0.717, 1.165) is 21.0 Å². The summed E-state index contributed by atoms with van der Waals surface area (Å²) in [6, 6.07) is 18.3. The van der Waals surface area contributed by atoms with Gasteiger partial charge in [0.15, 0.2) is 0 Å². The van der Waals surface area contributed by atoms with Crippen molar-refractivity contribution in [2.45, 2.75) is 34.8 Å². The summed E-state index contributed by atoms with van der Waals surface area (Å²) in [6.07, 6.45) is 0. The molecule has 0 radical (unpaired) electrons. The second-order valence-electron chi connectivity index (χ2n) is 5.77. The Hall–Kier alpha value is -0.860. The van der Waals surface area contributed by atoms with Crippen molar-refractivity contribution in [1.29, 1.82) is 0 Å². The van der Waals surface area contributed by atoms with E-state index in [4.69, 9.17) is 0 Å². The molecule has 2 heterocycles. The smallest absolute Gasteiger partial charge is 0.0416 e. The van der Waals surface area contributed by atoms with Gasteiger partial charge in [0, 0.05) is 21.0 Å². The zero-order chi connectivity index (χ0) is 13.7. The predicted octanol–water partition coefficient (Wildman–Crippen LogP) is 5.71. The van der Waals surface area contributed by atoms with Gasteiger partial charge in [-0.2, -0.15) is 0 Å². The fourth-order valence-corrected chi connectivity index (χ4v) is 4.49. The predicted molar refractivity (Wildman–Crippen MR) is 91.5 cm³/mol. The first kappa shape index (κ1) is 12.8. The van der Waals surface area contributed by atoms with E-state index in [0.29, 0.717) is 0 Å². The molecule has 2 aromatic carbocycles. The lowest BCUT2D eigenvalue weighted by atomic mass is 10.0. The van der Waals surface area contributed by atoms with E-state index >= 15 is 0 Å². The van der Waals surface area contributed by atoms with Crippen molar-refractivity contribution in [2.24, 2.45) is 0 Å². The molecule has 2 aliphatic heterocycles. The standard InChI is InChI=1S/C18H18S2/c1-11-17(19-11)15-7-3-13(4-8-15)14-5-9-16(10-6-14)18-12(2)20-18/h3-12,17-18H,1-2H3. The third-order valence-corrected chi connectivity index (χ3v) is 6.96. The van der Waals surface area contributed by atoms with Crippen molar-refractivity contribution in [2.75, 3.05) is 0 Å². The van der Waals surface area contributed by atoms with Crippen molar-refractivity contribution in [1.82, 2.24) is 0 Å². The maximum Gasteiger partial charge on any atom is 0.0416 e. The van der Waals surface area contributed by atoms with Gasteiger partial charge in [0.2, 0.25) is 0 Å². The Bertz CT molecular complexity index is 557. The first-order chi connectivity index (χ1) is 9.72. The zero-order valence-electron chi connectivity index (χ0n) is 11.7. The topological polar surface area (TPSA) is 0 Å². The second kappa shape index (κ2) is 4.85. The highest BCUT2D eigenvalue weighted by Crippen LogP contribution is 2.55. The Balaban J connectivity index is 1.54. The van der Waals surface area contributed by atoms with E-state index in [1.165, 1.54) is 22.3 Å². The molecule has 2 saturated heterocycles. The summed E-state index contributed by atoms with van der Waals surface area (Å²) in [6.45, 7) is 4.61. The summed E-state index contributed by atoms with van der Waals surface area (Å²) >= 11 is 4.11. The lowest BCUT2D eigenvalue weighted by Gasteiger charge is -2.05. The first-order valence-electron chi connectivity index (χ1n) is 7.23. The molecule has 2 aliphatic rings. The number of benzene rings is 2. The van der Waals surface area contributed by atoms with Crippen LogP contribution >= 0.6 is 23.5 Å². The maximum absolute atomic E-state index is 2.30. The van der Waals surface area contributed by atoms with Gasteiger partial charge in [-0.1, -0.05) is 62.4 Å². The quantitative estimate of drug-likeness (QED) is 0.666. The molecule has 0 saturated carbocycles. The molecule has 4 rings (SSSR count). The SMILES string of the molecule is CC1SC1c1ccc(-c2ccc(C3SC3C)cc2)cc1. The van der Waals surface area contributed by atoms with Crippen LogP contribution in [0.5, 0.6) is 0 Å². The van der Waals surface area contributed by atoms with E-state index in [1.54, 1.807) is 0 Å². The molecule has 2 aromatic rings.